The number of nitrogens with one attached hydrogen (secondary N) is 1. The lowest BCUT2D eigenvalue weighted by Gasteiger charge is -2.15. The van der Waals surface area contributed by atoms with Crippen molar-refractivity contribution in [3.8, 4) is 22.5 Å². The van der Waals surface area contributed by atoms with Crippen LogP contribution in [-0.2, 0) is 24.4 Å². The summed E-state index contributed by atoms with van der Waals surface area (Å²) in [4.78, 5) is 32.0. The van der Waals surface area contributed by atoms with Gasteiger partial charge in [-0.15, -0.1) is 10.2 Å². The molecule has 0 saturated heterocycles. The fourth-order valence-electron chi connectivity index (χ4n) is 5.00. The fourth-order valence-corrected chi connectivity index (χ4v) is 5.00. The van der Waals surface area contributed by atoms with Crippen LogP contribution in [-0.4, -0.2) is 53.0 Å². The van der Waals surface area contributed by atoms with E-state index in [1.807, 2.05) is 80.8 Å². The average molecular weight is 543 g/mol. The molecule has 11 nitrogen and oxygen atoms in total. The first kappa shape index (κ1) is 27.2. The number of benzene rings is 2. The van der Waals surface area contributed by atoms with Crippen molar-refractivity contribution in [1.29, 1.82) is 0 Å². The van der Waals surface area contributed by atoms with E-state index in [1.165, 1.54) is 4.57 Å². The Kier molecular flexibility index (Phi) is 7.74. The zero-order valence-corrected chi connectivity index (χ0v) is 23.5. The van der Waals surface area contributed by atoms with Crippen LogP contribution in [0.5, 0.6) is 0 Å². The molecule has 0 atom stereocenters. The van der Waals surface area contributed by atoms with E-state index >= 15 is 0 Å². The molecular formula is C29H34N8O3. The first-order valence-corrected chi connectivity index (χ1v) is 13.4. The van der Waals surface area contributed by atoms with Gasteiger partial charge in [-0.2, -0.15) is 5.21 Å². The molecule has 2 aromatic carbocycles. The van der Waals surface area contributed by atoms with Crippen LogP contribution >= 0.6 is 0 Å². The molecule has 0 bridgehead atoms. The molecule has 5 rings (SSSR count). The molecular weight excluding hydrogens is 508 g/mol. The summed E-state index contributed by atoms with van der Waals surface area (Å²) in [7, 11) is 1.59. The Bertz CT molecular complexity index is 1730. The van der Waals surface area contributed by atoms with Gasteiger partial charge in [0.05, 0.1) is 13.2 Å². The molecule has 0 aliphatic carbocycles. The zero-order chi connectivity index (χ0) is 28.4. The minimum absolute atomic E-state index is 0.0393. The highest BCUT2D eigenvalue weighted by Gasteiger charge is 2.23. The van der Waals surface area contributed by atoms with Gasteiger partial charge >= 0.3 is 5.69 Å². The summed E-state index contributed by atoms with van der Waals surface area (Å²) in [6, 6.07) is 16.1. The molecule has 0 saturated carbocycles. The number of aromatic nitrogens is 8. The summed E-state index contributed by atoms with van der Waals surface area (Å²) >= 11 is 0. The monoisotopic (exact) mass is 542 g/mol. The summed E-state index contributed by atoms with van der Waals surface area (Å²) in [6.07, 6.45) is 0. The maximum Gasteiger partial charge on any atom is 0.332 e. The standard InChI is InChI=1S/C29H34N8O3/c1-18(2)16-37-28(38)24-27(35(29(37)39)14-15-40-5)30-26(19(3)4)36(24)17-20-10-12-21(13-11-20)22-8-6-7-9-23(22)25-31-33-34-32-25/h6-13,18-19H,14-17H2,1-5H3,(H,31,32,33,34). The highest BCUT2D eigenvalue weighted by Crippen LogP contribution is 2.30. The van der Waals surface area contributed by atoms with E-state index in [-0.39, 0.29) is 23.1 Å². The minimum Gasteiger partial charge on any atom is -0.383 e. The SMILES string of the molecule is COCCn1c(=O)n(CC(C)C)c(=O)c2c1nc(C(C)C)n2Cc1ccc(-c2ccccc2-c2nn[nH]n2)cc1. The topological polar surface area (TPSA) is 126 Å². The number of aromatic amines is 1. The van der Waals surface area contributed by atoms with E-state index in [2.05, 4.69) is 20.6 Å². The number of hydrogen-bond donors (Lipinski definition) is 1. The summed E-state index contributed by atoms with van der Waals surface area (Å²) < 4.78 is 10.1. The second-order valence-electron chi connectivity index (χ2n) is 10.6. The van der Waals surface area contributed by atoms with Gasteiger partial charge < -0.3 is 9.30 Å². The Balaban J connectivity index is 1.60. The minimum atomic E-state index is -0.354. The van der Waals surface area contributed by atoms with Crippen molar-refractivity contribution in [3.63, 3.8) is 0 Å². The van der Waals surface area contributed by atoms with Crippen LogP contribution in [0.3, 0.4) is 0 Å². The van der Waals surface area contributed by atoms with E-state index in [9.17, 15) is 9.59 Å². The van der Waals surface area contributed by atoms with Gasteiger partial charge in [0.15, 0.2) is 11.2 Å². The Labute approximate surface area is 231 Å². The van der Waals surface area contributed by atoms with Crippen molar-refractivity contribution >= 4 is 11.2 Å². The Morgan fingerprint density at radius 1 is 0.925 bits per heavy atom. The third-order valence-electron chi connectivity index (χ3n) is 6.85. The average Bonchev–Trinajstić information content (AvgIpc) is 3.61. The maximum absolute atomic E-state index is 13.8. The first-order chi connectivity index (χ1) is 19.3. The van der Waals surface area contributed by atoms with Crippen molar-refractivity contribution in [1.82, 2.24) is 39.3 Å². The fraction of sp³-hybridized carbons (Fsp3) is 0.379. The number of nitrogens with zero attached hydrogens (tertiary/aromatic N) is 7. The van der Waals surface area contributed by atoms with Crippen LogP contribution in [0, 0.1) is 5.92 Å². The first-order valence-electron chi connectivity index (χ1n) is 13.4. The molecule has 5 aromatic rings. The lowest BCUT2D eigenvalue weighted by atomic mass is 9.98. The molecule has 208 valence electrons. The number of imidazole rings is 1. The predicted octanol–water partition coefficient (Wildman–Crippen LogP) is 3.68. The summed E-state index contributed by atoms with van der Waals surface area (Å²) in [5.74, 6) is 1.45. The molecule has 0 radical (unpaired) electrons. The number of methoxy groups -OCH3 is 1. The molecule has 3 aromatic heterocycles. The summed E-state index contributed by atoms with van der Waals surface area (Å²) in [5, 5.41) is 14.5. The largest absolute Gasteiger partial charge is 0.383 e. The molecule has 1 N–H and O–H groups in total. The predicted molar refractivity (Wildman–Crippen MR) is 153 cm³/mol. The van der Waals surface area contributed by atoms with Gasteiger partial charge in [0, 0.05) is 31.7 Å². The van der Waals surface area contributed by atoms with E-state index in [0.29, 0.717) is 43.2 Å². The summed E-state index contributed by atoms with van der Waals surface area (Å²) in [5.41, 5.74) is 4.06. The molecule has 0 spiro atoms. The number of rotatable bonds is 10. The Hall–Kier alpha value is -4.38. The third kappa shape index (κ3) is 5.12. The lowest BCUT2D eigenvalue weighted by Crippen LogP contribution is -2.42. The van der Waals surface area contributed by atoms with E-state index in [1.54, 1.807) is 11.7 Å². The van der Waals surface area contributed by atoms with Gasteiger partial charge in [-0.3, -0.25) is 13.9 Å². The van der Waals surface area contributed by atoms with Crippen LogP contribution in [0.2, 0.25) is 0 Å². The van der Waals surface area contributed by atoms with Crippen LogP contribution < -0.4 is 11.2 Å². The van der Waals surface area contributed by atoms with Gasteiger partial charge in [0.25, 0.3) is 5.56 Å². The van der Waals surface area contributed by atoms with Gasteiger partial charge in [-0.05, 0) is 27.8 Å². The van der Waals surface area contributed by atoms with E-state index in [0.717, 1.165) is 28.1 Å². The zero-order valence-electron chi connectivity index (χ0n) is 23.5. The van der Waals surface area contributed by atoms with E-state index in [4.69, 9.17) is 9.72 Å². The number of ether oxygens (including phenoxy) is 1. The molecule has 0 amide bonds. The second-order valence-corrected chi connectivity index (χ2v) is 10.6. The highest BCUT2D eigenvalue weighted by molar-refractivity contribution is 5.80. The van der Waals surface area contributed by atoms with Crippen molar-refractivity contribution in [2.24, 2.45) is 5.92 Å². The van der Waals surface area contributed by atoms with Gasteiger partial charge in [0.2, 0.25) is 5.82 Å². The van der Waals surface area contributed by atoms with Crippen LogP contribution in [0.4, 0.5) is 0 Å². The Morgan fingerprint density at radius 2 is 1.65 bits per heavy atom. The van der Waals surface area contributed by atoms with Crippen molar-refractivity contribution in [2.45, 2.75) is 53.2 Å². The van der Waals surface area contributed by atoms with Crippen LogP contribution in [0.1, 0.15) is 45.0 Å². The lowest BCUT2D eigenvalue weighted by molar-refractivity contribution is 0.186. The molecule has 0 aliphatic heterocycles. The normalized spacial score (nSPS) is 11.8. The molecule has 0 fully saturated rings. The smallest absolute Gasteiger partial charge is 0.332 e. The molecule has 3 heterocycles. The molecule has 0 unspecified atom stereocenters. The van der Waals surface area contributed by atoms with E-state index < -0.39 is 0 Å². The number of fused-ring (bicyclic) bond motifs is 1. The van der Waals surface area contributed by atoms with Crippen LogP contribution in [0.15, 0.2) is 58.1 Å². The molecule has 0 aliphatic rings. The van der Waals surface area contributed by atoms with Crippen molar-refractivity contribution in [3.05, 3.63) is 80.8 Å². The quantitative estimate of drug-likeness (QED) is 0.285. The number of tetrazole rings is 1. The van der Waals surface area contributed by atoms with Gasteiger partial charge in [-0.1, -0.05) is 76.2 Å². The van der Waals surface area contributed by atoms with Gasteiger partial charge in [-0.25, -0.2) is 9.78 Å². The summed E-state index contributed by atoms with van der Waals surface area (Å²) in [6.45, 7) is 9.49. The van der Waals surface area contributed by atoms with Crippen molar-refractivity contribution in [2.75, 3.05) is 13.7 Å². The highest BCUT2D eigenvalue weighted by atomic mass is 16.5. The Morgan fingerprint density at radius 3 is 2.27 bits per heavy atom. The molecule has 40 heavy (non-hydrogen) atoms. The van der Waals surface area contributed by atoms with Crippen molar-refractivity contribution < 1.29 is 4.74 Å². The third-order valence-corrected chi connectivity index (χ3v) is 6.85. The number of hydrogen-bond acceptors (Lipinski definition) is 7. The van der Waals surface area contributed by atoms with Gasteiger partial charge in [0.1, 0.15) is 5.82 Å². The molecule has 11 heteroatoms. The second kappa shape index (κ2) is 11.4. The van der Waals surface area contributed by atoms with Crippen LogP contribution in [0.25, 0.3) is 33.7 Å². The number of H-pyrrole nitrogens is 1. The maximum atomic E-state index is 13.8.